The quantitative estimate of drug-likeness (QED) is 0.910. The minimum Gasteiger partial charge on any atom is -0.352 e. The van der Waals surface area contributed by atoms with Crippen LogP contribution in [0.1, 0.15) is 17.8 Å². The van der Waals surface area contributed by atoms with E-state index in [4.69, 9.17) is 0 Å². The molecule has 0 fully saturated rings. The second kappa shape index (κ2) is 6.16. The van der Waals surface area contributed by atoms with Gasteiger partial charge in [-0.05, 0) is 24.1 Å². The lowest BCUT2D eigenvalue weighted by Crippen LogP contribution is -2.35. The lowest BCUT2D eigenvalue weighted by atomic mass is 9.97. The van der Waals surface area contributed by atoms with Gasteiger partial charge < -0.3 is 9.88 Å². The van der Waals surface area contributed by atoms with Crippen LogP contribution in [-0.2, 0) is 34.1 Å². The second-order valence-corrected chi connectivity index (χ2v) is 7.88. The van der Waals surface area contributed by atoms with Gasteiger partial charge in [0.1, 0.15) is 5.82 Å². The number of carbonyl (C=O) groups excluding carboxylic acids is 1. The summed E-state index contributed by atoms with van der Waals surface area (Å²) in [6, 6.07) is 6.58. The Morgan fingerprint density at radius 1 is 1.35 bits per heavy atom. The highest BCUT2D eigenvalue weighted by molar-refractivity contribution is 7.90. The Morgan fingerprint density at radius 3 is 2.78 bits per heavy atom. The first-order valence-electron chi connectivity index (χ1n) is 7.50. The maximum absolute atomic E-state index is 12.3. The summed E-state index contributed by atoms with van der Waals surface area (Å²) in [5.41, 5.74) is 0.878. The minimum absolute atomic E-state index is 0.0199. The van der Waals surface area contributed by atoms with Gasteiger partial charge in [-0.1, -0.05) is 12.1 Å². The van der Waals surface area contributed by atoms with Gasteiger partial charge in [0.2, 0.25) is 5.91 Å². The van der Waals surface area contributed by atoms with Crippen LogP contribution in [0.2, 0.25) is 0 Å². The molecule has 1 aromatic carbocycles. The zero-order valence-electron chi connectivity index (χ0n) is 12.9. The Morgan fingerprint density at radius 2 is 2.09 bits per heavy atom. The predicted octanol–water partition coefficient (Wildman–Crippen LogP) is 1.17. The van der Waals surface area contributed by atoms with E-state index in [0.29, 0.717) is 13.0 Å². The maximum Gasteiger partial charge on any atom is 0.223 e. The molecule has 0 aliphatic carbocycles. The van der Waals surface area contributed by atoms with Crippen molar-refractivity contribution >= 4 is 15.7 Å². The summed E-state index contributed by atoms with van der Waals surface area (Å²) >= 11 is 0. The van der Waals surface area contributed by atoms with Crippen molar-refractivity contribution in [3.05, 3.63) is 48.0 Å². The first kappa shape index (κ1) is 15.7. The van der Waals surface area contributed by atoms with E-state index in [2.05, 4.69) is 14.9 Å². The largest absolute Gasteiger partial charge is 0.352 e. The molecule has 1 atom stereocenters. The first-order chi connectivity index (χ1) is 10.9. The molecule has 0 bridgehead atoms. The molecular weight excluding hydrogens is 314 g/mol. The number of aryl methyl sites for hydroxylation is 1. The molecule has 0 spiro atoms. The summed E-state index contributed by atoms with van der Waals surface area (Å²) in [5.74, 6) is 0.917. The number of rotatable bonds is 4. The fraction of sp³-hybridized carbons (Fsp3) is 0.375. The van der Waals surface area contributed by atoms with Crippen LogP contribution in [0.5, 0.6) is 0 Å². The Hall–Kier alpha value is -2.15. The van der Waals surface area contributed by atoms with Gasteiger partial charge in [-0.2, -0.15) is 0 Å². The van der Waals surface area contributed by atoms with Crippen molar-refractivity contribution in [1.29, 1.82) is 0 Å². The number of hydrogen-bond donors (Lipinski definition) is 1. The molecule has 6 nitrogen and oxygen atoms in total. The lowest BCUT2D eigenvalue weighted by molar-refractivity contribution is -0.125. The minimum atomic E-state index is -3.19. The molecule has 1 N–H and O–H groups in total. The van der Waals surface area contributed by atoms with Crippen LogP contribution in [0, 0.1) is 5.92 Å². The Bertz CT molecular complexity index is 809. The lowest BCUT2D eigenvalue weighted by Gasteiger charge is -2.22. The van der Waals surface area contributed by atoms with Gasteiger partial charge in [-0.25, -0.2) is 13.4 Å². The van der Waals surface area contributed by atoms with Gasteiger partial charge in [-0.3, -0.25) is 4.79 Å². The highest BCUT2D eigenvalue weighted by Crippen LogP contribution is 2.19. The maximum atomic E-state index is 12.3. The van der Waals surface area contributed by atoms with Gasteiger partial charge in [0, 0.05) is 44.1 Å². The highest BCUT2D eigenvalue weighted by atomic mass is 32.2. The smallest absolute Gasteiger partial charge is 0.223 e. The molecule has 1 amide bonds. The van der Waals surface area contributed by atoms with Gasteiger partial charge >= 0.3 is 0 Å². The molecule has 23 heavy (non-hydrogen) atoms. The van der Waals surface area contributed by atoms with E-state index in [1.165, 1.54) is 6.26 Å². The summed E-state index contributed by atoms with van der Waals surface area (Å²) in [6.45, 7) is 1.21. The number of amides is 1. The number of aromatic nitrogens is 2. The molecule has 2 heterocycles. The zero-order valence-corrected chi connectivity index (χ0v) is 13.7. The molecule has 2 aromatic rings. The Balaban J connectivity index is 1.57. The van der Waals surface area contributed by atoms with Crippen LogP contribution in [0.25, 0.3) is 0 Å². The van der Waals surface area contributed by atoms with E-state index in [-0.39, 0.29) is 16.7 Å². The fourth-order valence-electron chi connectivity index (χ4n) is 2.76. The SMILES string of the molecule is CS(=O)(=O)c1ccc(CNC(=O)C2CCn3ccnc3C2)cc1. The van der Waals surface area contributed by atoms with Crippen LogP contribution < -0.4 is 5.32 Å². The van der Waals surface area contributed by atoms with Crippen molar-refractivity contribution < 1.29 is 13.2 Å². The van der Waals surface area contributed by atoms with E-state index < -0.39 is 9.84 Å². The Kier molecular flexibility index (Phi) is 4.21. The van der Waals surface area contributed by atoms with Crippen LogP contribution in [0.15, 0.2) is 41.6 Å². The number of nitrogens with one attached hydrogen (secondary N) is 1. The topological polar surface area (TPSA) is 81.1 Å². The number of benzene rings is 1. The molecule has 3 rings (SSSR count). The average Bonchev–Trinajstić information content (AvgIpc) is 2.99. The summed E-state index contributed by atoms with van der Waals surface area (Å²) in [7, 11) is -3.19. The van der Waals surface area contributed by atoms with Crippen molar-refractivity contribution in [3.8, 4) is 0 Å². The van der Waals surface area contributed by atoms with Crippen LogP contribution in [-0.4, -0.2) is 30.1 Å². The standard InChI is InChI=1S/C16H19N3O3S/c1-23(21,22)14-4-2-12(3-5-14)11-18-16(20)13-6-8-19-9-7-17-15(19)10-13/h2-5,7,9,13H,6,8,10-11H2,1H3,(H,18,20). The first-order valence-corrected chi connectivity index (χ1v) is 9.39. The van der Waals surface area contributed by atoms with Crippen molar-refractivity contribution in [3.63, 3.8) is 0 Å². The molecule has 1 aliphatic heterocycles. The third-order valence-electron chi connectivity index (χ3n) is 4.14. The number of sulfone groups is 1. The van der Waals surface area contributed by atoms with Crippen LogP contribution in [0.3, 0.4) is 0 Å². The average molecular weight is 333 g/mol. The van der Waals surface area contributed by atoms with Crippen molar-refractivity contribution in [1.82, 2.24) is 14.9 Å². The summed E-state index contributed by atoms with van der Waals surface area (Å²) in [5, 5.41) is 2.92. The molecule has 1 aliphatic rings. The number of fused-ring (bicyclic) bond motifs is 1. The normalized spacial score (nSPS) is 17.5. The zero-order chi connectivity index (χ0) is 16.4. The van der Waals surface area contributed by atoms with Crippen LogP contribution in [0.4, 0.5) is 0 Å². The summed E-state index contributed by atoms with van der Waals surface area (Å²) in [4.78, 5) is 16.8. The Labute approximate surface area is 135 Å². The molecule has 0 saturated heterocycles. The third kappa shape index (κ3) is 3.61. The van der Waals surface area contributed by atoms with Crippen molar-refractivity contribution in [2.24, 2.45) is 5.92 Å². The van der Waals surface area contributed by atoms with E-state index in [9.17, 15) is 13.2 Å². The van der Waals surface area contributed by atoms with E-state index in [0.717, 1.165) is 24.4 Å². The van der Waals surface area contributed by atoms with E-state index in [1.807, 2.05) is 6.20 Å². The molecular formula is C16H19N3O3S. The van der Waals surface area contributed by atoms with Gasteiger partial charge in [0.25, 0.3) is 0 Å². The molecule has 1 unspecified atom stereocenters. The summed E-state index contributed by atoms with van der Waals surface area (Å²) < 4.78 is 24.9. The number of hydrogen-bond acceptors (Lipinski definition) is 4. The van der Waals surface area contributed by atoms with Crippen molar-refractivity contribution in [2.75, 3.05) is 6.26 Å². The monoisotopic (exact) mass is 333 g/mol. The number of nitrogens with zero attached hydrogens (tertiary/aromatic N) is 2. The van der Waals surface area contributed by atoms with E-state index >= 15 is 0 Å². The van der Waals surface area contributed by atoms with Crippen molar-refractivity contribution in [2.45, 2.75) is 30.8 Å². The van der Waals surface area contributed by atoms with Gasteiger partial charge in [0.15, 0.2) is 9.84 Å². The van der Waals surface area contributed by atoms with Gasteiger partial charge in [0.05, 0.1) is 4.90 Å². The van der Waals surface area contributed by atoms with Gasteiger partial charge in [-0.15, -0.1) is 0 Å². The highest BCUT2D eigenvalue weighted by Gasteiger charge is 2.24. The fourth-order valence-corrected chi connectivity index (χ4v) is 3.39. The third-order valence-corrected chi connectivity index (χ3v) is 5.27. The van der Waals surface area contributed by atoms with Crippen LogP contribution >= 0.6 is 0 Å². The van der Waals surface area contributed by atoms with E-state index in [1.54, 1.807) is 30.5 Å². The molecule has 0 saturated carbocycles. The number of carbonyl (C=O) groups is 1. The number of imidazole rings is 1. The molecule has 0 radical (unpaired) electrons. The second-order valence-electron chi connectivity index (χ2n) is 5.86. The molecule has 1 aromatic heterocycles. The predicted molar refractivity (Wildman–Crippen MR) is 85.4 cm³/mol. The summed E-state index contributed by atoms with van der Waals surface area (Å²) in [6.07, 6.45) is 6.34. The molecule has 122 valence electrons. The molecule has 7 heteroatoms.